The zero-order valence-electron chi connectivity index (χ0n) is 9.41. The SMILES string of the molecule is CC(C)(C)c1cccc2cc(O)ccc12. The molecule has 0 aliphatic heterocycles. The highest BCUT2D eigenvalue weighted by Gasteiger charge is 2.16. The molecule has 0 atom stereocenters. The molecule has 0 fully saturated rings. The van der Waals surface area contributed by atoms with E-state index in [0.717, 1.165) is 5.39 Å². The van der Waals surface area contributed by atoms with Crippen LogP contribution in [-0.4, -0.2) is 5.11 Å². The minimum atomic E-state index is 0.135. The smallest absolute Gasteiger partial charge is 0.116 e. The van der Waals surface area contributed by atoms with Crippen molar-refractivity contribution in [2.45, 2.75) is 26.2 Å². The highest BCUT2D eigenvalue weighted by molar-refractivity contribution is 5.87. The van der Waals surface area contributed by atoms with Gasteiger partial charge in [0.25, 0.3) is 0 Å². The number of aromatic hydroxyl groups is 1. The van der Waals surface area contributed by atoms with E-state index < -0.39 is 0 Å². The van der Waals surface area contributed by atoms with E-state index in [1.807, 2.05) is 24.3 Å². The standard InChI is InChI=1S/C14H16O/c1-14(2,3)13-6-4-5-10-9-11(15)7-8-12(10)13/h4-9,15H,1-3H3. The molecule has 0 aliphatic carbocycles. The minimum Gasteiger partial charge on any atom is -0.508 e. The van der Waals surface area contributed by atoms with Gasteiger partial charge < -0.3 is 5.11 Å². The number of benzene rings is 2. The van der Waals surface area contributed by atoms with Crippen LogP contribution in [0.2, 0.25) is 0 Å². The van der Waals surface area contributed by atoms with Crippen molar-refractivity contribution in [3.05, 3.63) is 42.0 Å². The van der Waals surface area contributed by atoms with Crippen LogP contribution >= 0.6 is 0 Å². The van der Waals surface area contributed by atoms with Gasteiger partial charge in [0.1, 0.15) is 5.75 Å². The number of phenols is 1. The fourth-order valence-corrected chi connectivity index (χ4v) is 1.93. The summed E-state index contributed by atoms with van der Waals surface area (Å²) < 4.78 is 0. The lowest BCUT2D eigenvalue weighted by Crippen LogP contribution is -2.11. The van der Waals surface area contributed by atoms with E-state index in [0.29, 0.717) is 5.75 Å². The Balaban J connectivity index is 2.77. The fraction of sp³-hybridized carbons (Fsp3) is 0.286. The second kappa shape index (κ2) is 3.27. The van der Waals surface area contributed by atoms with Gasteiger partial charge in [0.15, 0.2) is 0 Å². The van der Waals surface area contributed by atoms with E-state index in [1.54, 1.807) is 6.07 Å². The molecule has 15 heavy (non-hydrogen) atoms. The van der Waals surface area contributed by atoms with Crippen molar-refractivity contribution in [2.24, 2.45) is 0 Å². The number of phenolic OH excluding ortho intramolecular Hbond substituents is 1. The molecule has 0 heterocycles. The third-order valence-corrected chi connectivity index (χ3v) is 2.67. The Hall–Kier alpha value is -1.50. The van der Waals surface area contributed by atoms with Gasteiger partial charge in [-0.3, -0.25) is 0 Å². The minimum absolute atomic E-state index is 0.135. The molecule has 0 saturated heterocycles. The predicted molar refractivity (Wildman–Crippen MR) is 64.3 cm³/mol. The summed E-state index contributed by atoms with van der Waals surface area (Å²) in [6.07, 6.45) is 0. The molecule has 0 unspecified atom stereocenters. The summed E-state index contributed by atoms with van der Waals surface area (Å²) in [4.78, 5) is 0. The fourth-order valence-electron chi connectivity index (χ4n) is 1.93. The molecule has 0 bridgehead atoms. The molecule has 1 N–H and O–H groups in total. The molecule has 2 rings (SSSR count). The van der Waals surface area contributed by atoms with Gasteiger partial charge in [-0.25, -0.2) is 0 Å². The van der Waals surface area contributed by atoms with Crippen molar-refractivity contribution >= 4 is 10.8 Å². The number of hydrogen-bond donors (Lipinski definition) is 1. The molecule has 0 amide bonds. The predicted octanol–water partition coefficient (Wildman–Crippen LogP) is 3.84. The van der Waals surface area contributed by atoms with Gasteiger partial charge in [-0.15, -0.1) is 0 Å². The Morgan fingerprint density at radius 3 is 2.40 bits per heavy atom. The Bertz CT molecular complexity index is 492. The molecule has 1 nitrogen and oxygen atoms in total. The van der Waals surface area contributed by atoms with Gasteiger partial charge in [0.05, 0.1) is 0 Å². The molecule has 0 saturated carbocycles. The molecular weight excluding hydrogens is 184 g/mol. The maximum Gasteiger partial charge on any atom is 0.116 e. The van der Waals surface area contributed by atoms with Gasteiger partial charge in [-0.05, 0) is 33.9 Å². The van der Waals surface area contributed by atoms with Crippen LogP contribution in [-0.2, 0) is 5.41 Å². The number of hydrogen-bond acceptors (Lipinski definition) is 1. The zero-order valence-corrected chi connectivity index (χ0v) is 9.41. The van der Waals surface area contributed by atoms with E-state index in [9.17, 15) is 5.11 Å². The maximum atomic E-state index is 9.42. The van der Waals surface area contributed by atoms with E-state index in [-0.39, 0.29) is 5.41 Å². The van der Waals surface area contributed by atoms with Gasteiger partial charge in [0.2, 0.25) is 0 Å². The normalized spacial score (nSPS) is 11.9. The summed E-state index contributed by atoms with van der Waals surface area (Å²) in [5.41, 5.74) is 1.45. The molecule has 1 heteroatoms. The summed E-state index contributed by atoms with van der Waals surface area (Å²) in [7, 11) is 0. The van der Waals surface area contributed by atoms with Crippen LogP contribution in [0.5, 0.6) is 5.75 Å². The quantitative estimate of drug-likeness (QED) is 0.685. The van der Waals surface area contributed by atoms with E-state index >= 15 is 0 Å². The van der Waals surface area contributed by atoms with Crippen LogP contribution in [0.1, 0.15) is 26.3 Å². The molecule has 0 spiro atoms. The highest BCUT2D eigenvalue weighted by atomic mass is 16.3. The summed E-state index contributed by atoms with van der Waals surface area (Å²) in [6, 6.07) is 11.8. The average molecular weight is 200 g/mol. The third kappa shape index (κ3) is 1.82. The lowest BCUT2D eigenvalue weighted by atomic mass is 9.84. The molecule has 0 aromatic heterocycles. The third-order valence-electron chi connectivity index (χ3n) is 2.67. The lowest BCUT2D eigenvalue weighted by Gasteiger charge is -2.21. The van der Waals surface area contributed by atoms with E-state index in [1.165, 1.54) is 10.9 Å². The average Bonchev–Trinajstić information content (AvgIpc) is 2.15. The molecule has 2 aromatic carbocycles. The largest absolute Gasteiger partial charge is 0.508 e. The van der Waals surface area contributed by atoms with Crippen molar-refractivity contribution in [3.8, 4) is 5.75 Å². The van der Waals surface area contributed by atoms with Crippen LogP contribution in [0.15, 0.2) is 36.4 Å². The summed E-state index contributed by atoms with van der Waals surface area (Å²) >= 11 is 0. The van der Waals surface area contributed by atoms with Crippen LogP contribution in [0.3, 0.4) is 0 Å². The zero-order chi connectivity index (χ0) is 11.1. The van der Waals surface area contributed by atoms with Gasteiger partial charge in [-0.1, -0.05) is 45.0 Å². The maximum absolute atomic E-state index is 9.42. The summed E-state index contributed by atoms with van der Waals surface area (Å²) in [6.45, 7) is 6.61. The Kier molecular flexibility index (Phi) is 2.18. The molecule has 78 valence electrons. The van der Waals surface area contributed by atoms with Crippen molar-refractivity contribution < 1.29 is 5.11 Å². The van der Waals surface area contributed by atoms with E-state index in [2.05, 4.69) is 26.8 Å². The molecular formula is C14H16O. The van der Waals surface area contributed by atoms with Crippen molar-refractivity contribution in [1.29, 1.82) is 0 Å². The summed E-state index contributed by atoms with van der Waals surface area (Å²) in [5.74, 6) is 0.327. The monoisotopic (exact) mass is 200 g/mol. The summed E-state index contributed by atoms with van der Waals surface area (Å²) in [5, 5.41) is 11.7. The number of fused-ring (bicyclic) bond motifs is 1. The van der Waals surface area contributed by atoms with Crippen molar-refractivity contribution in [1.82, 2.24) is 0 Å². The van der Waals surface area contributed by atoms with Crippen LogP contribution in [0.4, 0.5) is 0 Å². The molecule has 0 radical (unpaired) electrons. The second-order valence-electron chi connectivity index (χ2n) is 4.96. The topological polar surface area (TPSA) is 20.2 Å². The number of rotatable bonds is 0. The second-order valence-corrected chi connectivity index (χ2v) is 4.96. The molecule has 2 aromatic rings. The first-order valence-electron chi connectivity index (χ1n) is 5.21. The highest BCUT2D eigenvalue weighted by Crippen LogP contribution is 2.31. The Morgan fingerprint density at radius 2 is 1.73 bits per heavy atom. The van der Waals surface area contributed by atoms with Crippen LogP contribution < -0.4 is 0 Å². The van der Waals surface area contributed by atoms with E-state index in [4.69, 9.17) is 0 Å². The Morgan fingerprint density at radius 1 is 1.00 bits per heavy atom. The first kappa shape index (κ1) is 10.0. The van der Waals surface area contributed by atoms with Gasteiger partial charge in [-0.2, -0.15) is 0 Å². The molecule has 0 aliphatic rings. The lowest BCUT2D eigenvalue weighted by molar-refractivity contribution is 0.476. The first-order valence-corrected chi connectivity index (χ1v) is 5.21. The van der Waals surface area contributed by atoms with Crippen LogP contribution in [0.25, 0.3) is 10.8 Å². The Labute approximate surface area is 90.4 Å². The van der Waals surface area contributed by atoms with Crippen LogP contribution in [0, 0.1) is 0 Å². The first-order chi connectivity index (χ1) is 6.98. The van der Waals surface area contributed by atoms with Crippen molar-refractivity contribution in [2.75, 3.05) is 0 Å². The van der Waals surface area contributed by atoms with Gasteiger partial charge >= 0.3 is 0 Å². The van der Waals surface area contributed by atoms with Crippen molar-refractivity contribution in [3.63, 3.8) is 0 Å². The van der Waals surface area contributed by atoms with Gasteiger partial charge in [0, 0.05) is 0 Å².